The molecule has 0 bridgehead atoms. The fourth-order valence-corrected chi connectivity index (χ4v) is 4.24. The molecule has 1 aromatic rings. The molecule has 0 fully saturated rings. The Morgan fingerprint density at radius 3 is 1.19 bits per heavy atom. The van der Waals surface area contributed by atoms with Crippen molar-refractivity contribution in [1.82, 2.24) is 0 Å². The molecule has 0 saturated heterocycles. The molecule has 1 aromatic carbocycles. The van der Waals surface area contributed by atoms with Gasteiger partial charge in [-0.3, -0.25) is 20.0 Å². The molecule has 4 heterocycles. The molecule has 0 radical (unpaired) electrons. The molecule has 36 heavy (non-hydrogen) atoms. The van der Waals surface area contributed by atoms with Gasteiger partial charge in [0.05, 0.1) is 26.4 Å². The Morgan fingerprint density at radius 2 is 0.861 bits per heavy atom. The summed E-state index contributed by atoms with van der Waals surface area (Å²) in [6, 6.07) is 8.06. The third kappa shape index (κ3) is 8.95. The summed E-state index contributed by atoms with van der Waals surface area (Å²) in [5.41, 5.74) is 2.05. The van der Waals surface area contributed by atoms with E-state index >= 15 is 0 Å². The Morgan fingerprint density at radius 1 is 0.472 bits per heavy atom. The second-order valence-corrected chi connectivity index (χ2v) is 9.22. The first-order valence-electron chi connectivity index (χ1n) is 13.7. The van der Waals surface area contributed by atoms with Gasteiger partial charge in [-0.05, 0) is 37.1 Å². The molecule has 0 amide bonds. The third-order valence-corrected chi connectivity index (χ3v) is 6.22. The Hall–Kier alpha value is -2.90. The average Bonchev–Trinajstić information content (AvgIpc) is 2.97. The molecule has 8 nitrogen and oxygen atoms in total. The molecule has 5 rings (SSSR count). The molecule has 0 N–H and O–H groups in total. The monoisotopic (exact) mass is 496 g/mol. The van der Waals surface area contributed by atoms with Crippen LogP contribution in [0.5, 0.6) is 0 Å². The topological polar surface area (TPSA) is 86.4 Å². The van der Waals surface area contributed by atoms with Crippen LogP contribution in [0.15, 0.2) is 44.2 Å². The smallest absolute Gasteiger partial charge is 0.216 e. The largest absolute Gasteiger partial charge is 0.481 e. The summed E-state index contributed by atoms with van der Waals surface area (Å²) in [6.07, 6.45) is 11.0. The van der Waals surface area contributed by atoms with E-state index in [0.717, 1.165) is 126 Å². The van der Waals surface area contributed by atoms with Crippen LogP contribution in [0.2, 0.25) is 0 Å². The number of aliphatic imine (C=N–C) groups is 4. The van der Waals surface area contributed by atoms with Crippen molar-refractivity contribution in [3.63, 3.8) is 0 Å². The average molecular weight is 497 g/mol. The predicted octanol–water partition coefficient (Wildman–Crippen LogP) is 4.99. The highest BCUT2D eigenvalue weighted by molar-refractivity contribution is 5.98. The van der Waals surface area contributed by atoms with E-state index in [2.05, 4.69) is 20.0 Å². The molecule has 0 aliphatic carbocycles. The molecule has 0 saturated carbocycles. The lowest BCUT2D eigenvalue weighted by atomic mass is 10.1. The van der Waals surface area contributed by atoms with Gasteiger partial charge in [-0.1, -0.05) is 12.8 Å². The maximum absolute atomic E-state index is 5.54. The van der Waals surface area contributed by atoms with Gasteiger partial charge in [-0.15, -0.1) is 0 Å². The maximum Gasteiger partial charge on any atom is 0.216 e. The molecule has 4 aliphatic heterocycles. The first-order chi connectivity index (χ1) is 17.9. The van der Waals surface area contributed by atoms with Gasteiger partial charge in [-0.25, -0.2) is 0 Å². The van der Waals surface area contributed by atoms with E-state index in [9.17, 15) is 0 Å². The van der Waals surface area contributed by atoms with Crippen LogP contribution < -0.4 is 0 Å². The van der Waals surface area contributed by atoms with Crippen molar-refractivity contribution in [2.45, 2.75) is 64.2 Å². The van der Waals surface area contributed by atoms with Gasteiger partial charge < -0.3 is 18.9 Å². The van der Waals surface area contributed by atoms with Crippen molar-refractivity contribution in [2.24, 2.45) is 20.0 Å². The van der Waals surface area contributed by atoms with Crippen LogP contribution in [-0.4, -0.2) is 76.2 Å². The molecule has 0 atom stereocenters. The van der Waals surface area contributed by atoms with Crippen LogP contribution in [0.3, 0.4) is 0 Å². The Balaban J connectivity index is 0.000000169. The highest BCUT2D eigenvalue weighted by atomic mass is 16.5. The van der Waals surface area contributed by atoms with Gasteiger partial charge in [0.25, 0.3) is 0 Å². The summed E-state index contributed by atoms with van der Waals surface area (Å²) >= 11 is 0. The summed E-state index contributed by atoms with van der Waals surface area (Å²) in [5, 5.41) is 0. The van der Waals surface area contributed by atoms with Gasteiger partial charge in [0, 0.05) is 75.8 Å². The second-order valence-electron chi connectivity index (χ2n) is 9.22. The molecular formula is C28H40N4O4. The second kappa shape index (κ2) is 15.3. The number of unbranched alkanes of at least 4 members (excludes halogenated alkanes) is 3. The minimum atomic E-state index is 0.749. The van der Waals surface area contributed by atoms with Gasteiger partial charge in [0.1, 0.15) is 0 Å². The predicted molar refractivity (Wildman–Crippen MR) is 144 cm³/mol. The Labute approximate surface area is 214 Å². The molecule has 196 valence electrons. The highest BCUT2D eigenvalue weighted by Gasteiger charge is 2.12. The zero-order chi connectivity index (χ0) is 24.7. The molecule has 0 spiro atoms. The lowest BCUT2D eigenvalue weighted by Crippen LogP contribution is -2.16. The summed E-state index contributed by atoms with van der Waals surface area (Å²) in [6.45, 7) is 6.84. The number of rotatable bonds is 9. The zero-order valence-electron chi connectivity index (χ0n) is 21.5. The van der Waals surface area contributed by atoms with E-state index in [1.807, 2.05) is 24.3 Å². The Bertz CT molecular complexity index is 849. The summed E-state index contributed by atoms with van der Waals surface area (Å²) in [4.78, 5) is 17.5. The van der Waals surface area contributed by atoms with Crippen molar-refractivity contribution in [1.29, 1.82) is 0 Å². The quantitative estimate of drug-likeness (QED) is 0.451. The highest BCUT2D eigenvalue weighted by Crippen LogP contribution is 2.13. The molecule has 0 unspecified atom stereocenters. The molecular weight excluding hydrogens is 456 g/mol. The number of hydrogen-bond donors (Lipinski definition) is 0. The van der Waals surface area contributed by atoms with Crippen LogP contribution in [0.25, 0.3) is 0 Å². The normalized spacial score (nSPS) is 19.4. The minimum Gasteiger partial charge on any atom is -0.481 e. The summed E-state index contributed by atoms with van der Waals surface area (Å²) in [7, 11) is 0. The van der Waals surface area contributed by atoms with E-state index < -0.39 is 0 Å². The SMILES string of the molecule is C(CCCC1=NCCCO1)CCC1=NCCCO1.c1cc(C2=NCCCO2)ccc1C1=NCCCO1. The maximum atomic E-state index is 5.54. The number of ether oxygens (including phenoxy) is 4. The Kier molecular flexibility index (Phi) is 11.1. The number of nitrogens with zero attached hydrogens (tertiary/aromatic N) is 4. The van der Waals surface area contributed by atoms with Crippen LogP contribution in [-0.2, 0) is 18.9 Å². The molecule has 0 aromatic heterocycles. The van der Waals surface area contributed by atoms with E-state index in [4.69, 9.17) is 18.9 Å². The van der Waals surface area contributed by atoms with Crippen LogP contribution in [0, 0.1) is 0 Å². The first kappa shape index (κ1) is 26.2. The van der Waals surface area contributed by atoms with E-state index in [-0.39, 0.29) is 0 Å². The standard InChI is InChI=1S/C14H16N2O2.C14H24N2O2/c1-7-15-13(17-9-1)11-3-5-12(6-4-11)14-16-8-2-10-18-14;1(3-7-13-15-9-5-11-17-13)2-4-8-14-16-10-6-12-18-14/h3-6H,1-2,7-10H2;1-12H2. The van der Waals surface area contributed by atoms with E-state index in [1.165, 1.54) is 25.7 Å². The van der Waals surface area contributed by atoms with Crippen LogP contribution in [0.1, 0.15) is 75.3 Å². The van der Waals surface area contributed by atoms with E-state index in [1.54, 1.807) is 0 Å². The fraction of sp³-hybridized carbons (Fsp3) is 0.643. The van der Waals surface area contributed by atoms with Gasteiger partial charge in [0.15, 0.2) is 11.8 Å². The van der Waals surface area contributed by atoms with Crippen molar-refractivity contribution >= 4 is 23.6 Å². The van der Waals surface area contributed by atoms with Crippen LogP contribution in [0.4, 0.5) is 0 Å². The molecule has 4 aliphatic rings. The van der Waals surface area contributed by atoms with Crippen molar-refractivity contribution in [3.8, 4) is 0 Å². The summed E-state index contributed by atoms with van der Waals surface area (Å²) in [5.74, 6) is 3.45. The number of benzene rings is 1. The fourth-order valence-electron chi connectivity index (χ4n) is 4.24. The van der Waals surface area contributed by atoms with Gasteiger partial charge in [-0.2, -0.15) is 0 Å². The van der Waals surface area contributed by atoms with Crippen molar-refractivity contribution in [2.75, 3.05) is 52.6 Å². The molecule has 8 heteroatoms. The van der Waals surface area contributed by atoms with Crippen molar-refractivity contribution in [3.05, 3.63) is 35.4 Å². The van der Waals surface area contributed by atoms with Crippen molar-refractivity contribution < 1.29 is 18.9 Å². The van der Waals surface area contributed by atoms with Gasteiger partial charge in [0.2, 0.25) is 11.8 Å². The minimum absolute atomic E-state index is 0.749. The lowest BCUT2D eigenvalue weighted by Gasteiger charge is -2.15. The van der Waals surface area contributed by atoms with Gasteiger partial charge >= 0.3 is 0 Å². The zero-order valence-corrected chi connectivity index (χ0v) is 21.5. The lowest BCUT2D eigenvalue weighted by molar-refractivity contribution is 0.270. The van der Waals surface area contributed by atoms with E-state index in [0.29, 0.717) is 0 Å². The number of hydrogen-bond acceptors (Lipinski definition) is 8. The third-order valence-electron chi connectivity index (χ3n) is 6.22. The first-order valence-corrected chi connectivity index (χ1v) is 13.7. The van der Waals surface area contributed by atoms with Crippen LogP contribution >= 0.6 is 0 Å². The summed E-state index contributed by atoms with van der Waals surface area (Å²) < 4.78 is 22.1.